The molecule has 0 amide bonds. The van der Waals surface area contributed by atoms with E-state index in [0.717, 1.165) is 6.07 Å². The molecule has 8 heteroatoms. The van der Waals surface area contributed by atoms with Gasteiger partial charge in [0.25, 0.3) is 0 Å². The minimum atomic E-state index is -5.67. The zero-order valence-corrected chi connectivity index (χ0v) is 8.95. The fourth-order valence-corrected chi connectivity index (χ4v) is 1.05. The number of halogens is 6. The number of hydrogen-bond acceptors (Lipinski definition) is 1. The number of ether oxygens (including phenoxy) is 1. The number of benzene rings is 1. The normalized spacial score (nSPS) is 12.6. The molecule has 1 nitrogen and oxygen atoms in total. The third-order valence-electron chi connectivity index (χ3n) is 1.78. The zero-order chi connectivity index (χ0) is 13.3. The minimum absolute atomic E-state index is 0.0998. The van der Waals surface area contributed by atoms with E-state index in [9.17, 15) is 22.0 Å². The molecule has 0 spiro atoms. The Hall–Kier alpha value is -0.975. The third kappa shape index (κ3) is 3.49. The van der Waals surface area contributed by atoms with Gasteiger partial charge >= 0.3 is 12.1 Å². The molecule has 0 fully saturated rings. The Balaban J connectivity index is 2.77. The maximum atomic E-state index is 12.5. The second-order valence-electron chi connectivity index (χ2n) is 3.18. The van der Waals surface area contributed by atoms with Crippen molar-refractivity contribution in [3.05, 3.63) is 23.2 Å². The quantitative estimate of drug-likeness (QED) is 0.606. The van der Waals surface area contributed by atoms with Crippen molar-refractivity contribution in [2.45, 2.75) is 12.1 Å². The van der Waals surface area contributed by atoms with Gasteiger partial charge < -0.3 is 4.74 Å². The summed E-state index contributed by atoms with van der Waals surface area (Å²) in [6.07, 6.45) is -5.67. The highest BCUT2D eigenvalue weighted by molar-refractivity contribution is 6.35. The van der Waals surface area contributed by atoms with Crippen molar-refractivity contribution in [1.82, 2.24) is 0 Å². The van der Waals surface area contributed by atoms with Crippen LogP contribution in [0.1, 0.15) is 0 Å². The van der Waals surface area contributed by atoms with Crippen molar-refractivity contribution < 1.29 is 26.7 Å². The van der Waals surface area contributed by atoms with Crippen LogP contribution in [-0.4, -0.2) is 26.6 Å². The fourth-order valence-electron chi connectivity index (χ4n) is 0.881. The highest BCUT2D eigenvalue weighted by Gasteiger charge is 2.58. The standard InChI is InChI=1S/C9H5BClF5O/c10-5-1-2-6(11)7(3-5)17-4-8(12,13)9(14,15)16/h1-3H,4H2. The molecule has 0 unspecified atom stereocenters. The van der Waals surface area contributed by atoms with Gasteiger partial charge in [-0.15, -0.1) is 0 Å². The van der Waals surface area contributed by atoms with Crippen LogP contribution >= 0.6 is 11.6 Å². The van der Waals surface area contributed by atoms with Gasteiger partial charge in [-0.3, -0.25) is 0 Å². The molecule has 0 aliphatic heterocycles. The lowest BCUT2D eigenvalue weighted by atomic mass is 9.96. The molecular weight excluding hydrogens is 265 g/mol. The van der Waals surface area contributed by atoms with Crippen LogP contribution in [0.2, 0.25) is 5.02 Å². The summed E-state index contributed by atoms with van der Waals surface area (Å²) >= 11 is 5.53. The lowest BCUT2D eigenvalue weighted by Gasteiger charge is -2.20. The molecule has 2 radical (unpaired) electrons. The Morgan fingerprint density at radius 1 is 1.18 bits per heavy atom. The van der Waals surface area contributed by atoms with Crippen LogP contribution in [0.25, 0.3) is 0 Å². The van der Waals surface area contributed by atoms with E-state index in [4.69, 9.17) is 19.4 Å². The monoisotopic (exact) mass is 270 g/mol. The molecule has 0 saturated carbocycles. The molecule has 1 aromatic carbocycles. The van der Waals surface area contributed by atoms with Gasteiger partial charge in [-0.1, -0.05) is 23.1 Å². The molecule has 17 heavy (non-hydrogen) atoms. The van der Waals surface area contributed by atoms with E-state index >= 15 is 0 Å². The van der Waals surface area contributed by atoms with Gasteiger partial charge in [0.2, 0.25) is 0 Å². The van der Waals surface area contributed by atoms with E-state index < -0.39 is 18.7 Å². The van der Waals surface area contributed by atoms with Crippen molar-refractivity contribution in [3.8, 4) is 5.75 Å². The third-order valence-corrected chi connectivity index (χ3v) is 2.09. The first-order valence-corrected chi connectivity index (χ1v) is 4.63. The van der Waals surface area contributed by atoms with Crippen LogP contribution in [0, 0.1) is 0 Å². The summed E-state index contributed by atoms with van der Waals surface area (Å²) in [5.41, 5.74) is 0.139. The summed E-state index contributed by atoms with van der Waals surface area (Å²) in [7, 11) is 5.30. The van der Waals surface area contributed by atoms with Crippen molar-refractivity contribution >= 4 is 24.9 Å². The lowest BCUT2D eigenvalue weighted by Crippen LogP contribution is -2.41. The maximum absolute atomic E-state index is 12.5. The van der Waals surface area contributed by atoms with E-state index in [1.807, 2.05) is 0 Å². The Morgan fingerprint density at radius 3 is 2.29 bits per heavy atom. The zero-order valence-electron chi connectivity index (χ0n) is 8.19. The number of hydrogen-bond donors (Lipinski definition) is 0. The first kappa shape index (κ1) is 14.1. The molecular formula is C9H5BClF5O. The highest BCUT2D eigenvalue weighted by Crippen LogP contribution is 2.36. The smallest absolute Gasteiger partial charge is 0.456 e. The molecule has 0 bridgehead atoms. The average Bonchev–Trinajstić information content (AvgIpc) is 2.18. The van der Waals surface area contributed by atoms with Crippen LogP contribution < -0.4 is 10.2 Å². The maximum Gasteiger partial charge on any atom is 0.456 e. The first-order valence-electron chi connectivity index (χ1n) is 4.26. The molecule has 0 aliphatic rings. The molecule has 0 aromatic heterocycles. The Kier molecular flexibility index (Phi) is 3.91. The van der Waals surface area contributed by atoms with Crippen LogP contribution in [0.4, 0.5) is 22.0 Å². The van der Waals surface area contributed by atoms with E-state index in [1.165, 1.54) is 12.1 Å². The van der Waals surface area contributed by atoms with E-state index in [2.05, 4.69) is 4.74 Å². The van der Waals surface area contributed by atoms with Crippen LogP contribution in [-0.2, 0) is 0 Å². The van der Waals surface area contributed by atoms with Gasteiger partial charge in [-0.2, -0.15) is 22.0 Å². The number of rotatable bonds is 3. The van der Waals surface area contributed by atoms with Gasteiger partial charge in [-0.25, -0.2) is 0 Å². The Bertz CT molecular complexity index is 407. The Morgan fingerprint density at radius 2 is 1.76 bits per heavy atom. The van der Waals surface area contributed by atoms with Crippen molar-refractivity contribution in [1.29, 1.82) is 0 Å². The predicted octanol–water partition coefficient (Wildman–Crippen LogP) is 2.71. The highest BCUT2D eigenvalue weighted by atomic mass is 35.5. The van der Waals surface area contributed by atoms with Crippen LogP contribution in [0.3, 0.4) is 0 Å². The van der Waals surface area contributed by atoms with Gasteiger partial charge in [0.1, 0.15) is 13.6 Å². The van der Waals surface area contributed by atoms with Crippen molar-refractivity contribution in [2.24, 2.45) is 0 Å². The molecule has 0 atom stereocenters. The largest absolute Gasteiger partial charge is 0.485 e. The SMILES string of the molecule is [B]c1ccc(Cl)c(OCC(F)(F)C(F)(F)F)c1. The average molecular weight is 270 g/mol. The van der Waals surface area contributed by atoms with Crippen molar-refractivity contribution in [2.75, 3.05) is 6.61 Å². The van der Waals surface area contributed by atoms with Gasteiger partial charge in [0.15, 0.2) is 6.61 Å². The van der Waals surface area contributed by atoms with Gasteiger partial charge in [0, 0.05) is 0 Å². The summed E-state index contributed by atoms with van der Waals surface area (Å²) in [5.74, 6) is -5.27. The summed E-state index contributed by atoms with van der Waals surface area (Å²) in [6, 6.07) is 3.66. The summed E-state index contributed by atoms with van der Waals surface area (Å²) < 4.78 is 64.9. The van der Waals surface area contributed by atoms with E-state index in [0.29, 0.717) is 0 Å². The van der Waals surface area contributed by atoms with Gasteiger partial charge in [-0.05, 0) is 12.1 Å². The minimum Gasteiger partial charge on any atom is -0.485 e. The second-order valence-corrected chi connectivity index (χ2v) is 3.59. The summed E-state index contributed by atoms with van der Waals surface area (Å²) in [5, 5.41) is -0.0998. The summed E-state index contributed by atoms with van der Waals surface area (Å²) in [4.78, 5) is 0. The molecule has 1 rings (SSSR count). The molecule has 0 saturated heterocycles. The predicted molar refractivity (Wildman–Crippen MR) is 53.3 cm³/mol. The topological polar surface area (TPSA) is 9.23 Å². The van der Waals surface area contributed by atoms with Crippen molar-refractivity contribution in [3.63, 3.8) is 0 Å². The molecule has 0 aliphatic carbocycles. The molecule has 92 valence electrons. The van der Waals surface area contributed by atoms with E-state index in [-0.39, 0.29) is 16.2 Å². The summed E-state index contributed by atoms with van der Waals surface area (Å²) in [6.45, 7) is -1.85. The second kappa shape index (κ2) is 4.72. The molecule has 1 aromatic rings. The Labute approximate surface area is 99.9 Å². The van der Waals surface area contributed by atoms with Crippen LogP contribution in [0.5, 0.6) is 5.75 Å². The fraction of sp³-hybridized carbons (Fsp3) is 0.333. The van der Waals surface area contributed by atoms with Crippen LogP contribution in [0.15, 0.2) is 18.2 Å². The van der Waals surface area contributed by atoms with E-state index in [1.54, 1.807) is 0 Å². The first-order chi connectivity index (χ1) is 7.63. The van der Waals surface area contributed by atoms with Gasteiger partial charge in [0.05, 0.1) is 5.02 Å². The molecule has 0 heterocycles. The number of alkyl halides is 5. The lowest BCUT2D eigenvalue weighted by molar-refractivity contribution is -0.290. The molecule has 0 N–H and O–H groups in total.